The summed E-state index contributed by atoms with van der Waals surface area (Å²) in [6.45, 7) is -0.278. The first kappa shape index (κ1) is 27.1. The van der Waals surface area contributed by atoms with Gasteiger partial charge in [-0.25, -0.2) is 4.90 Å². The van der Waals surface area contributed by atoms with Crippen LogP contribution in [-0.2, 0) is 20.9 Å². The third kappa shape index (κ3) is 4.76. The Balaban J connectivity index is 1.39. The minimum Gasteiger partial charge on any atom is -0.324 e. The van der Waals surface area contributed by atoms with E-state index in [1.54, 1.807) is 36.4 Å². The van der Waals surface area contributed by atoms with Crippen molar-refractivity contribution in [3.63, 3.8) is 0 Å². The van der Waals surface area contributed by atoms with Crippen molar-refractivity contribution in [2.24, 2.45) is 5.92 Å². The second kappa shape index (κ2) is 10.7. The van der Waals surface area contributed by atoms with Crippen LogP contribution in [0.2, 0.25) is 15.1 Å². The van der Waals surface area contributed by atoms with Gasteiger partial charge in [0.25, 0.3) is 0 Å². The highest BCUT2D eigenvalue weighted by Crippen LogP contribution is 2.53. The van der Waals surface area contributed by atoms with Crippen molar-refractivity contribution in [1.29, 1.82) is 0 Å². The van der Waals surface area contributed by atoms with Crippen LogP contribution in [0.5, 0.6) is 0 Å². The van der Waals surface area contributed by atoms with Crippen LogP contribution in [0.25, 0.3) is 0 Å². The number of nitrogens with zero attached hydrogens (tertiary/aromatic N) is 2. The average molecular weight is 631 g/mol. The number of anilines is 2. The first-order chi connectivity index (χ1) is 19.2. The molecule has 3 amide bonds. The molecule has 6 rings (SSSR count). The van der Waals surface area contributed by atoms with E-state index in [1.807, 2.05) is 30.3 Å². The maximum Gasteiger partial charge on any atom is 0.308 e. The molecule has 0 radical (unpaired) electrons. The van der Waals surface area contributed by atoms with Crippen LogP contribution >= 0.6 is 57.9 Å². The molecule has 2 aliphatic rings. The summed E-state index contributed by atoms with van der Waals surface area (Å²) in [5.74, 6) is -2.42. The largest absolute Gasteiger partial charge is 0.324 e. The van der Waals surface area contributed by atoms with Crippen molar-refractivity contribution in [3.8, 4) is 0 Å². The first-order valence-corrected chi connectivity index (χ1v) is 14.9. The smallest absolute Gasteiger partial charge is 0.308 e. The second-order valence-electron chi connectivity index (χ2n) is 9.24. The Morgan fingerprint density at radius 3 is 2.30 bits per heavy atom. The van der Waals surface area contributed by atoms with E-state index in [-0.39, 0.29) is 28.3 Å². The Kier molecular flexibility index (Phi) is 7.27. The summed E-state index contributed by atoms with van der Waals surface area (Å²) in [5.41, 5.74) is 1.68. The fraction of sp³-hybridized carbons (Fsp3) is 0.143. The lowest BCUT2D eigenvalue weighted by atomic mass is 9.83. The average Bonchev–Trinajstić information content (AvgIpc) is 3.38. The van der Waals surface area contributed by atoms with Crippen LogP contribution in [0, 0.1) is 5.92 Å². The van der Waals surface area contributed by atoms with Crippen molar-refractivity contribution in [2.75, 3.05) is 10.2 Å². The molecule has 1 aromatic heterocycles. The number of thioether (sulfide) groups is 1. The Hall–Kier alpha value is -3.08. The van der Waals surface area contributed by atoms with Crippen LogP contribution in [0.3, 0.4) is 0 Å². The number of hydrogen-bond acceptors (Lipinski definition) is 6. The number of thiazole rings is 1. The molecule has 1 saturated heterocycles. The lowest BCUT2D eigenvalue weighted by Gasteiger charge is -2.30. The highest BCUT2D eigenvalue weighted by Gasteiger charge is 2.56. The summed E-state index contributed by atoms with van der Waals surface area (Å²) in [4.78, 5) is 55.3. The number of imide groups is 1. The van der Waals surface area contributed by atoms with Gasteiger partial charge in [-0.3, -0.25) is 23.7 Å². The summed E-state index contributed by atoms with van der Waals surface area (Å²) in [7, 11) is 0. The van der Waals surface area contributed by atoms with Crippen LogP contribution in [0.1, 0.15) is 16.4 Å². The maximum absolute atomic E-state index is 13.8. The second-order valence-corrected chi connectivity index (χ2v) is 12.6. The monoisotopic (exact) mass is 629 g/mol. The molecule has 3 aromatic carbocycles. The number of carbonyl (C=O) groups excluding carboxylic acids is 3. The molecule has 1 fully saturated rings. The molecule has 2 unspecified atom stereocenters. The van der Waals surface area contributed by atoms with E-state index in [0.717, 1.165) is 28.7 Å². The van der Waals surface area contributed by atoms with Gasteiger partial charge >= 0.3 is 4.87 Å². The zero-order valence-corrected chi connectivity index (χ0v) is 24.2. The molecule has 2 aliphatic heterocycles. The van der Waals surface area contributed by atoms with E-state index < -0.39 is 23.0 Å². The van der Waals surface area contributed by atoms with Gasteiger partial charge in [0.05, 0.1) is 26.7 Å². The Labute approximate surface area is 251 Å². The molecule has 0 bridgehead atoms. The summed E-state index contributed by atoms with van der Waals surface area (Å²) in [6, 6.07) is 20.6. The summed E-state index contributed by atoms with van der Waals surface area (Å²) in [5, 5.41) is 3.59. The molecule has 3 atom stereocenters. The number of benzene rings is 3. The van der Waals surface area contributed by atoms with Crippen molar-refractivity contribution >= 4 is 87.0 Å². The van der Waals surface area contributed by atoms with Crippen molar-refractivity contribution < 1.29 is 14.4 Å². The molecule has 202 valence electrons. The molecular formula is C28H18Cl3N3O4S2. The highest BCUT2D eigenvalue weighted by molar-refractivity contribution is 8.00. The van der Waals surface area contributed by atoms with Gasteiger partial charge in [0.2, 0.25) is 17.7 Å². The van der Waals surface area contributed by atoms with Gasteiger partial charge in [0.1, 0.15) is 11.8 Å². The fourth-order valence-electron chi connectivity index (χ4n) is 5.04. The molecular weight excluding hydrogens is 613 g/mol. The lowest BCUT2D eigenvalue weighted by Crippen LogP contribution is -2.33. The topological polar surface area (TPSA) is 88.5 Å². The SMILES string of the molecule is O=C(Cn1c2c(sc1=O)[C@H](c1ccccc1)C1C(=O)N(c3ccc(Cl)cc3)C(=O)C1S2)Nc1ccc(Cl)c(Cl)c1. The number of aromatic nitrogens is 1. The molecule has 0 aliphatic carbocycles. The van der Waals surface area contributed by atoms with E-state index >= 15 is 0 Å². The summed E-state index contributed by atoms with van der Waals surface area (Å²) < 4.78 is 1.37. The summed E-state index contributed by atoms with van der Waals surface area (Å²) >= 11 is 20.2. The zero-order valence-electron chi connectivity index (χ0n) is 20.3. The Bertz CT molecular complexity index is 1720. The number of halogens is 3. The molecule has 0 saturated carbocycles. The quantitative estimate of drug-likeness (QED) is 0.261. The minimum atomic E-state index is -0.778. The van der Waals surface area contributed by atoms with Crippen molar-refractivity contribution in [1.82, 2.24) is 4.57 Å². The van der Waals surface area contributed by atoms with E-state index in [1.165, 1.54) is 15.5 Å². The van der Waals surface area contributed by atoms with Crippen LogP contribution in [-0.4, -0.2) is 27.5 Å². The zero-order chi connectivity index (χ0) is 28.1. The number of nitrogens with one attached hydrogen (secondary N) is 1. The third-order valence-corrected chi connectivity index (χ3v) is 10.4. The molecule has 1 N–H and O–H groups in total. The number of fused-ring (bicyclic) bond motifs is 2. The fourth-order valence-corrected chi connectivity index (χ4v) is 8.23. The molecule has 0 spiro atoms. The first-order valence-electron chi connectivity index (χ1n) is 12.1. The highest BCUT2D eigenvalue weighted by atomic mass is 35.5. The third-order valence-electron chi connectivity index (χ3n) is 6.80. The number of rotatable bonds is 5. The van der Waals surface area contributed by atoms with Gasteiger partial charge in [0.15, 0.2) is 0 Å². The van der Waals surface area contributed by atoms with Crippen LogP contribution in [0.4, 0.5) is 11.4 Å². The van der Waals surface area contributed by atoms with E-state index in [0.29, 0.717) is 31.3 Å². The minimum absolute atomic E-state index is 0.278. The van der Waals surface area contributed by atoms with E-state index in [4.69, 9.17) is 34.8 Å². The predicted molar refractivity (Wildman–Crippen MR) is 159 cm³/mol. The Morgan fingerprint density at radius 2 is 1.60 bits per heavy atom. The molecule has 40 heavy (non-hydrogen) atoms. The number of hydrogen-bond donors (Lipinski definition) is 1. The maximum atomic E-state index is 13.8. The molecule has 4 aromatic rings. The molecule has 3 heterocycles. The van der Waals surface area contributed by atoms with Gasteiger partial charge in [-0.05, 0) is 48.0 Å². The predicted octanol–water partition coefficient (Wildman–Crippen LogP) is 6.30. The summed E-state index contributed by atoms with van der Waals surface area (Å²) in [6.07, 6.45) is 0. The van der Waals surface area contributed by atoms with E-state index in [9.17, 15) is 19.2 Å². The van der Waals surface area contributed by atoms with Gasteiger partial charge in [-0.2, -0.15) is 0 Å². The van der Waals surface area contributed by atoms with Gasteiger partial charge in [-0.15, -0.1) is 0 Å². The van der Waals surface area contributed by atoms with Gasteiger partial charge in [-0.1, -0.05) is 88.2 Å². The standard InChI is InChI=1S/C28H18Cl3N3O4S2/c29-15-6-9-17(10-7-15)34-25(36)22-21(14-4-2-1-3-5-14)24-27(39-23(22)26(34)37)33(28(38)40-24)13-20(35)32-16-8-11-18(30)19(31)12-16/h1-12,21-23H,13H2,(H,32,35)/t21-,22?,23?/m1/s1. The van der Waals surface area contributed by atoms with Crippen molar-refractivity contribution in [2.45, 2.75) is 22.7 Å². The normalized spacial score (nSPS) is 19.9. The number of amides is 3. The molecule has 12 heteroatoms. The van der Waals surface area contributed by atoms with Gasteiger partial charge < -0.3 is 5.32 Å². The lowest BCUT2D eigenvalue weighted by molar-refractivity contribution is -0.122. The Morgan fingerprint density at radius 1 is 0.875 bits per heavy atom. The van der Waals surface area contributed by atoms with Crippen LogP contribution < -0.4 is 15.1 Å². The van der Waals surface area contributed by atoms with E-state index in [2.05, 4.69) is 5.32 Å². The van der Waals surface area contributed by atoms with Crippen molar-refractivity contribution in [3.05, 3.63) is 108 Å². The molecule has 7 nitrogen and oxygen atoms in total. The van der Waals surface area contributed by atoms with Crippen LogP contribution in [0.15, 0.2) is 82.6 Å². The van der Waals surface area contributed by atoms with Gasteiger partial charge in [0, 0.05) is 21.5 Å². The number of carbonyl (C=O) groups is 3.